The average Bonchev–Trinajstić information content (AvgIpc) is 2.55. The fourth-order valence-corrected chi connectivity index (χ4v) is 2.25. The number of halogens is 1. The van der Waals surface area contributed by atoms with E-state index in [-0.39, 0.29) is 5.28 Å². The van der Waals surface area contributed by atoms with Crippen LogP contribution in [0.2, 0.25) is 5.28 Å². The largest absolute Gasteiger partial charge is 0.226 e. The van der Waals surface area contributed by atoms with Crippen LogP contribution in [-0.4, -0.2) is 15.0 Å². The van der Waals surface area contributed by atoms with Gasteiger partial charge in [0.1, 0.15) is 0 Å². The molecule has 4 heteroatoms. The van der Waals surface area contributed by atoms with Crippen molar-refractivity contribution in [2.75, 3.05) is 0 Å². The Labute approximate surface area is 128 Å². The standard InChI is InChI=1S/C17H14ClN3/c1-2-12-8-10-14(11-9-12)16-19-15(20-17(18)21-16)13-6-4-3-5-7-13/h3-11H,2H2,1H3. The number of hydrogen-bond acceptors (Lipinski definition) is 3. The van der Waals surface area contributed by atoms with Gasteiger partial charge in [-0.1, -0.05) is 61.5 Å². The van der Waals surface area contributed by atoms with Gasteiger partial charge in [0.25, 0.3) is 0 Å². The van der Waals surface area contributed by atoms with Gasteiger partial charge in [0, 0.05) is 11.1 Å². The summed E-state index contributed by atoms with van der Waals surface area (Å²) in [6, 6.07) is 17.9. The molecule has 3 aromatic rings. The van der Waals surface area contributed by atoms with Crippen LogP contribution < -0.4 is 0 Å². The first-order valence-corrected chi connectivity index (χ1v) is 7.20. The molecule has 0 atom stereocenters. The fourth-order valence-electron chi connectivity index (χ4n) is 2.09. The van der Waals surface area contributed by atoms with Gasteiger partial charge in [0.15, 0.2) is 11.6 Å². The molecule has 3 rings (SSSR count). The Bertz CT molecular complexity index is 740. The second kappa shape index (κ2) is 6.02. The van der Waals surface area contributed by atoms with Crippen LogP contribution in [0, 0.1) is 0 Å². The third-order valence-electron chi connectivity index (χ3n) is 3.26. The monoisotopic (exact) mass is 295 g/mol. The molecule has 0 bridgehead atoms. The molecule has 1 aromatic heterocycles. The van der Waals surface area contributed by atoms with E-state index in [0.717, 1.165) is 17.5 Å². The predicted octanol–water partition coefficient (Wildman–Crippen LogP) is 4.42. The van der Waals surface area contributed by atoms with E-state index in [1.54, 1.807) is 0 Å². The highest BCUT2D eigenvalue weighted by Gasteiger charge is 2.08. The van der Waals surface area contributed by atoms with Crippen molar-refractivity contribution in [1.82, 2.24) is 15.0 Å². The van der Waals surface area contributed by atoms with Crippen LogP contribution in [-0.2, 0) is 6.42 Å². The number of aromatic nitrogens is 3. The van der Waals surface area contributed by atoms with Crippen molar-refractivity contribution in [3.63, 3.8) is 0 Å². The molecule has 0 aliphatic heterocycles. The lowest BCUT2D eigenvalue weighted by atomic mass is 10.1. The van der Waals surface area contributed by atoms with Crippen LogP contribution in [0.25, 0.3) is 22.8 Å². The van der Waals surface area contributed by atoms with Crippen molar-refractivity contribution in [3.8, 4) is 22.8 Å². The maximum atomic E-state index is 6.05. The Balaban J connectivity index is 2.05. The van der Waals surface area contributed by atoms with Crippen molar-refractivity contribution in [1.29, 1.82) is 0 Å². The van der Waals surface area contributed by atoms with Crippen LogP contribution in [0.15, 0.2) is 54.6 Å². The molecule has 0 fully saturated rings. The summed E-state index contributed by atoms with van der Waals surface area (Å²) in [5.74, 6) is 1.18. The Morgan fingerprint density at radius 2 is 1.33 bits per heavy atom. The summed E-state index contributed by atoms with van der Waals surface area (Å²) in [6.45, 7) is 2.13. The Morgan fingerprint density at radius 1 is 0.762 bits per heavy atom. The average molecular weight is 296 g/mol. The summed E-state index contributed by atoms with van der Waals surface area (Å²) >= 11 is 6.05. The van der Waals surface area contributed by atoms with Gasteiger partial charge in [-0.15, -0.1) is 0 Å². The first-order valence-electron chi connectivity index (χ1n) is 6.82. The number of hydrogen-bond donors (Lipinski definition) is 0. The molecule has 0 unspecified atom stereocenters. The first kappa shape index (κ1) is 13.7. The Morgan fingerprint density at radius 3 is 1.90 bits per heavy atom. The van der Waals surface area contributed by atoms with Crippen molar-refractivity contribution in [2.45, 2.75) is 13.3 Å². The van der Waals surface area contributed by atoms with Gasteiger partial charge in [0.2, 0.25) is 5.28 Å². The maximum Gasteiger partial charge on any atom is 0.226 e. The lowest BCUT2D eigenvalue weighted by Crippen LogP contribution is -1.97. The quantitative estimate of drug-likeness (QED) is 0.718. The van der Waals surface area contributed by atoms with Gasteiger partial charge in [-0.3, -0.25) is 0 Å². The normalized spacial score (nSPS) is 10.6. The minimum Gasteiger partial charge on any atom is -0.208 e. The molecule has 0 saturated heterocycles. The summed E-state index contributed by atoms with van der Waals surface area (Å²) in [4.78, 5) is 13.0. The molecule has 1 heterocycles. The molecule has 0 saturated carbocycles. The van der Waals surface area contributed by atoms with E-state index in [9.17, 15) is 0 Å². The van der Waals surface area contributed by atoms with E-state index in [2.05, 4.69) is 34.0 Å². The van der Waals surface area contributed by atoms with E-state index in [1.165, 1.54) is 5.56 Å². The molecule has 21 heavy (non-hydrogen) atoms. The minimum absolute atomic E-state index is 0.207. The van der Waals surface area contributed by atoms with Crippen molar-refractivity contribution >= 4 is 11.6 Å². The molecular weight excluding hydrogens is 282 g/mol. The highest BCUT2D eigenvalue weighted by atomic mass is 35.5. The van der Waals surface area contributed by atoms with Gasteiger partial charge in [-0.2, -0.15) is 9.97 Å². The lowest BCUT2D eigenvalue weighted by molar-refractivity contribution is 1.06. The third-order valence-corrected chi connectivity index (χ3v) is 3.43. The summed E-state index contributed by atoms with van der Waals surface area (Å²) < 4.78 is 0. The van der Waals surface area contributed by atoms with Crippen molar-refractivity contribution < 1.29 is 0 Å². The van der Waals surface area contributed by atoms with E-state index in [4.69, 9.17) is 11.6 Å². The van der Waals surface area contributed by atoms with Crippen molar-refractivity contribution in [3.05, 3.63) is 65.4 Å². The van der Waals surface area contributed by atoms with Crippen LogP contribution in [0.4, 0.5) is 0 Å². The van der Waals surface area contributed by atoms with Crippen LogP contribution in [0.3, 0.4) is 0 Å². The molecule has 3 nitrogen and oxygen atoms in total. The van der Waals surface area contributed by atoms with E-state index < -0.39 is 0 Å². The van der Waals surface area contributed by atoms with Gasteiger partial charge in [0.05, 0.1) is 0 Å². The zero-order valence-corrected chi connectivity index (χ0v) is 12.4. The Kier molecular flexibility index (Phi) is 3.93. The smallest absolute Gasteiger partial charge is 0.208 e. The lowest BCUT2D eigenvalue weighted by Gasteiger charge is -2.05. The second-order valence-corrected chi connectivity index (χ2v) is 5.01. The highest BCUT2D eigenvalue weighted by Crippen LogP contribution is 2.21. The van der Waals surface area contributed by atoms with Crippen LogP contribution in [0.5, 0.6) is 0 Å². The SMILES string of the molecule is CCc1ccc(-c2nc(Cl)nc(-c3ccccc3)n2)cc1. The summed E-state index contributed by atoms with van der Waals surface area (Å²) in [5.41, 5.74) is 3.14. The molecule has 104 valence electrons. The van der Waals surface area contributed by atoms with Gasteiger partial charge < -0.3 is 0 Å². The van der Waals surface area contributed by atoms with E-state index >= 15 is 0 Å². The maximum absolute atomic E-state index is 6.05. The molecule has 2 aromatic carbocycles. The summed E-state index contributed by atoms with van der Waals surface area (Å²) in [6.07, 6.45) is 1.01. The Hall–Kier alpha value is -2.26. The van der Waals surface area contributed by atoms with Gasteiger partial charge in [-0.25, -0.2) is 4.98 Å². The molecule has 0 N–H and O–H groups in total. The van der Waals surface area contributed by atoms with Crippen LogP contribution in [0.1, 0.15) is 12.5 Å². The van der Waals surface area contributed by atoms with Crippen LogP contribution >= 0.6 is 11.6 Å². The zero-order valence-electron chi connectivity index (χ0n) is 11.6. The summed E-state index contributed by atoms with van der Waals surface area (Å²) in [7, 11) is 0. The van der Waals surface area contributed by atoms with Crippen molar-refractivity contribution in [2.24, 2.45) is 0 Å². The minimum atomic E-state index is 0.207. The second-order valence-electron chi connectivity index (χ2n) is 4.67. The third kappa shape index (κ3) is 3.09. The number of rotatable bonds is 3. The first-order chi connectivity index (χ1) is 10.3. The fraction of sp³-hybridized carbons (Fsp3) is 0.118. The molecule has 0 amide bonds. The molecule has 0 aliphatic rings. The molecule has 0 radical (unpaired) electrons. The van der Waals surface area contributed by atoms with E-state index in [0.29, 0.717) is 11.6 Å². The predicted molar refractivity (Wildman–Crippen MR) is 85.1 cm³/mol. The van der Waals surface area contributed by atoms with Gasteiger partial charge >= 0.3 is 0 Å². The molecule has 0 aliphatic carbocycles. The summed E-state index contributed by atoms with van der Waals surface area (Å²) in [5, 5.41) is 0.207. The number of aryl methyl sites for hydroxylation is 1. The number of nitrogens with zero attached hydrogens (tertiary/aromatic N) is 3. The highest BCUT2D eigenvalue weighted by molar-refractivity contribution is 6.28. The zero-order chi connectivity index (χ0) is 14.7. The topological polar surface area (TPSA) is 38.7 Å². The number of benzene rings is 2. The molecule has 0 spiro atoms. The molecular formula is C17H14ClN3. The van der Waals surface area contributed by atoms with Gasteiger partial charge in [-0.05, 0) is 23.6 Å². The van der Waals surface area contributed by atoms with E-state index in [1.807, 2.05) is 42.5 Å².